The molecule has 1 spiro atoms. The second-order valence-corrected chi connectivity index (χ2v) is 10.4. The maximum Gasteiger partial charge on any atom is 0.417 e. The van der Waals surface area contributed by atoms with Crippen LogP contribution in [0.4, 0.5) is 18.9 Å². The molecule has 4 fully saturated rings. The lowest BCUT2D eigenvalue weighted by atomic mass is 9.70. The predicted molar refractivity (Wildman–Crippen MR) is 119 cm³/mol. The van der Waals surface area contributed by atoms with E-state index in [-0.39, 0.29) is 40.7 Å². The molecule has 1 aromatic carbocycles. The van der Waals surface area contributed by atoms with Crippen LogP contribution in [0.25, 0.3) is 0 Å². The van der Waals surface area contributed by atoms with Gasteiger partial charge in [0.2, 0.25) is 11.8 Å². The van der Waals surface area contributed by atoms with E-state index in [1.807, 2.05) is 9.80 Å². The van der Waals surface area contributed by atoms with Crippen molar-refractivity contribution in [3.63, 3.8) is 0 Å². The van der Waals surface area contributed by atoms with E-state index in [4.69, 9.17) is 5.26 Å². The lowest BCUT2D eigenvalue weighted by molar-refractivity contribution is -0.138. The van der Waals surface area contributed by atoms with Crippen LogP contribution < -0.4 is 10.2 Å². The monoisotopic (exact) mass is 474 g/mol. The van der Waals surface area contributed by atoms with Crippen LogP contribution in [0, 0.1) is 28.6 Å². The van der Waals surface area contributed by atoms with Gasteiger partial charge >= 0.3 is 6.18 Å². The molecule has 5 rings (SSSR count). The number of piperidine rings is 1. The van der Waals surface area contributed by atoms with Crippen LogP contribution in [0.2, 0.25) is 0 Å². The Labute approximate surface area is 197 Å². The molecule has 2 aliphatic carbocycles. The smallest absolute Gasteiger partial charge is 0.371 e. The number of nitrogens with one attached hydrogen (secondary N) is 1. The number of amides is 2. The minimum absolute atomic E-state index is 0.0117. The number of hydrogen-bond acceptors (Lipinski definition) is 4. The highest BCUT2D eigenvalue weighted by molar-refractivity contribution is 5.84. The van der Waals surface area contributed by atoms with Gasteiger partial charge in [-0.3, -0.25) is 9.59 Å². The quantitative estimate of drug-likeness (QED) is 0.722. The fourth-order valence-electron chi connectivity index (χ4n) is 5.72. The largest absolute Gasteiger partial charge is 0.417 e. The summed E-state index contributed by atoms with van der Waals surface area (Å²) >= 11 is 0. The SMILES string of the molecule is N#Cc1ccc(N2CCC3(CC2)CN(C(=O)C2CCC2)CC3C(=O)NC2CC2)cc1C(F)(F)F. The fourth-order valence-corrected chi connectivity index (χ4v) is 5.72. The van der Waals surface area contributed by atoms with Crippen LogP contribution in [0.3, 0.4) is 0 Å². The van der Waals surface area contributed by atoms with Crippen molar-refractivity contribution in [3.05, 3.63) is 29.3 Å². The normalized spacial score (nSPS) is 24.6. The minimum Gasteiger partial charge on any atom is -0.371 e. The van der Waals surface area contributed by atoms with Crippen LogP contribution in [0.5, 0.6) is 0 Å². The molecule has 0 aromatic heterocycles. The number of carbonyl (C=O) groups is 2. The Bertz CT molecular complexity index is 1020. The van der Waals surface area contributed by atoms with Crippen molar-refractivity contribution in [2.24, 2.45) is 17.3 Å². The highest BCUT2D eigenvalue weighted by atomic mass is 19.4. The maximum absolute atomic E-state index is 13.4. The summed E-state index contributed by atoms with van der Waals surface area (Å²) in [6, 6.07) is 5.70. The van der Waals surface area contributed by atoms with E-state index < -0.39 is 11.7 Å². The third kappa shape index (κ3) is 4.23. The summed E-state index contributed by atoms with van der Waals surface area (Å²) in [5.41, 5.74) is -1.23. The molecular formula is C25H29F3N4O2. The Kier molecular flexibility index (Phi) is 5.73. The van der Waals surface area contributed by atoms with E-state index >= 15 is 0 Å². The molecular weight excluding hydrogens is 445 g/mol. The molecule has 0 radical (unpaired) electrons. The highest BCUT2D eigenvalue weighted by Gasteiger charge is 2.53. The molecule has 182 valence electrons. The second kappa shape index (κ2) is 8.47. The first kappa shape index (κ1) is 23.0. The van der Waals surface area contributed by atoms with Crippen LogP contribution in [-0.2, 0) is 15.8 Å². The number of hydrogen-bond donors (Lipinski definition) is 1. The first-order chi connectivity index (χ1) is 16.2. The Balaban J connectivity index is 1.34. The number of benzene rings is 1. The summed E-state index contributed by atoms with van der Waals surface area (Å²) < 4.78 is 40.3. The molecule has 6 nitrogen and oxygen atoms in total. The number of halogens is 3. The molecule has 1 N–H and O–H groups in total. The first-order valence-electron chi connectivity index (χ1n) is 12.2. The lowest BCUT2D eigenvalue weighted by Crippen LogP contribution is -2.49. The summed E-state index contributed by atoms with van der Waals surface area (Å²) in [6.45, 7) is 1.98. The van der Waals surface area contributed by atoms with Crippen LogP contribution in [-0.4, -0.2) is 48.9 Å². The molecule has 1 atom stereocenters. The summed E-state index contributed by atoms with van der Waals surface area (Å²) in [5, 5.41) is 12.2. The maximum atomic E-state index is 13.4. The van der Waals surface area contributed by atoms with E-state index in [1.165, 1.54) is 6.07 Å². The molecule has 2 heterocycles. The molecule has 1 unspecified atom stereocenters. The van der Waals surface area contributed by atoms with E-state index in [9.17, 15) is 22.8 Å². The van der Waals surface area contributed by atoms with Crippen molar-refractivity contribution in [3.8, 4) is 6.07 Å². The highest BCUT2D eigenvalue weighted by Crippen LogP contribution is 2.47. The third-order valence-corrected chi connectivity index (χ3v) is 8.21. The van der Waals surface area contributed by atoms with Gasteiger partial charge in [-0.2, -0.15) is 18.4 Å². The van der Waals surface area contributed by atoms with Crippen LogP contribution in [0.15, 0.2) is 18.2 Å². The number of likely N-dealkylation sites (tertiary alicyclic amines) is 1. The van der Waals surface area contributed by atoms with Crippen LogP contribution in [0.1, 0.15) is 56.1 Å². The van der Waals surface area contributed by atoms with Gasteiger partial charge in [0.25, 0.3) is 0 Å². The topological polar surface area (TPSA) is 76.4 Å². The molecule has 0 bridgehead atoms. The second-order valence-electron chi connectivity index (χ2n) is 10.4. The van der Waals surface area contributed by atoms with Gasteiger partial charge in [0.15, 0.2) is 0 Å². The molecule has 2 saturated heterocycles. The van der Waals surface area contributed by atoms with Gasteiger partial charge in [-0.05, 0) is 56.7 Å². The van der Waals surface area contributed by atoms with Crippen molar-refractivity contribution in [1.29, 1.82) is 5.26 Å². The Hall–Kier alpha value is -2.76. The Morgan fingerprint density at radius 1 is 1.12 bits per heavy atom. The summed E-state index contributed by atoms with van der Waals surface area (Å²) in [6.07, 6.45) is 1.54. The summed E-state index contributed by atoms with van der Waals surface area (Å²) in [7, 11) is 0. The number of anilines is 1. The minimum atomic E-state index is -4.60. The molecule has 4 aliphatic rings. The number of carbonyl (C=O) groups excluding carboxylic acids is 2. The van der Waals surface area contributed by atoms with Gasteiger partial charge in [0, 0.05) is 49.2 Å². The van der Waals surface area contributed by atoms with E-state index in [0.717, 1.165) is 38.2 Å². The van der Waals surface area contributed by atoms with Crippen molar-refractivity contribution in [1.82, 2.24) is 10.2 Å². The zero-order valence-corrected chi connectivity index (χ0v) is 19.0. The van der Waals surface area contributed by atoms with Gasteiger partial charge in [0.1, 0.15) is 0 Å². The average Bonchev–Trinajstić information content (AvgIpc) is 3.51. The lowest BCUT2D eigenvalue weighted by Gasteiger charge is -2.43. The zero-order chi connectivity index (χ0) is 24.1. The number of rotatable bonds is 4. The first-order valence-corrected chi connectivity index (χ1v) is 12.2. The van der Waals surface area contributed by atoms with Crippen molar-refractivity contribution in [2.45, 2.75) is 57.2 Å². The average molecular weight is 475 g/mol. The Morgan fingerprint density at radius 3 is 2.38 bits per heavy atom. The van der Waals surface area contributed by atoms with Crippen molar-refractivity contribution < 1.29 is 22.8 Å². The zero-order valence-electron chi connectivity index (χ0n) is 19.0. The predicted octanol–water partition coefficient (Wildman–Crippen LogP) is 3.70. The van der Waals surface area contributed by atoms with Crippen molar-refractivity contribution >= 4 is 17.5 Å². The third-order valence-electron chi connectivity index (χ3n) is 8.21. The summed E-state index contributed by atoms with van der Waals surface area (Å²) in [4.78, 5) is 29.9. The number of nitriles is 1. The number of nitrogens with zero attached hydrogens (tertiary/aromatic N) is 3. The molecule has 2 aliphatic heterocycles. The van der Waals surface area contributed by atoms with Crippen molar-refractivity contribution in [2.75, 3.05) is 31.1 Å². The molecule has 34 heavy (non-hydrogen) atoms. The summed E-state index contributed by atoms with van der Waals surface area (Å²) in [5.74, 6) is -0.0536. The van der Waals surface area contributed by atoms with Crippen LogP contribution >= 0.6 is 0 Å². The number of alkyl halides is 3. The van der Waals surface area contributed by atoms with Gasteiger partial charge in [-0.1, -0.05) is 6.42 Å². The Morgan fingerprint density at radius 2 is 1.82 bits per heavy atom. The van der Waals surface area contributed by atoms with E-state index in [1.54, 1.807) is 12.1 Å². The van der Waals surface area contributed by atoms with E-state index in [2.05, 4.69) is 5.32 Å². The van der Waals surface area contributed by atoms with E-state index in [0.29, 0.717) is 44.7 Å². The standard InChI is InChI=1S/C25H29F3N4O2/c26-25(27,28)20-12-19(7-4-17(20)13-29)31-10-8-24(9-11-31)15-32(23(34)16-2-1-3-16)14-21(24)22(33)30-18-5-6-18/h4,7,12,16,18,21H,1-3,5-6,8-11,14-15H2,(H,30,33). The van der Waals surface area contributed by atoms with Gasteiger partial charge in [-0.25, -0.2) is 0 Å². The fraction of sp³-hybridized carbons (Fsp3) is 0.640. The molecule has 2 amide bonds. The molecule has 2 saturated carbocycles. The van der Waals surface area contributed by atoms with Gasteiger partial charge in [-0.15, -0.1) is 0 Å². The van der Waals surface area contributed by atoms with Gasteiger partial charge in [0.05, 0.1) is 23.1 Å². The molecule has 9 heteroatoms. The molecule has 1 aromatic rings. The van der Waals surface area contributed by atoms with Gasteiger partial charge < -0.3 is 15.1 Å².